The van der Waals surface area contributed by atoms with E-state index >= 15 is 0 Å². The lowest BCUT2D eigenvalue weighted by Crippen LogP contribution is -2.56. The van der Waals surface area contributed by atoms with Crippen LogP contribution in [0.25, 0.3) is 0 Å². The molecule has 0 aromatic heterocycles. The maximum absolute atomic E-state index is 5.44. The molecular formula is C19H29NO2. The van der Waals surface area contributed by atoms with Crippen molar-refractivity contribution in [2.24, 2.45) is 5.92 Å². The van der Waals surface area contributed by atoms with Gasteiger partial charge >= 0.3 is 0 Å². The van der Waals surface area contributed by atoms with Gasteiger partial charge in [0.1, 0.15) is 0 Å². The molecule has 2 atom stereocenters. The molecule has 0 radical (unpaired) electrons. The molecule has 22 heavy (non-hydrogen) atoms. The van der Waals surface area contributed by atoms with Crippen molar-refractivity contribution >= 4 is 0 Å². The third-order valence-corrected chi connectivity index (χ3v) is 5.87. The summed E-state index contributed by atoms with van der Waals surface area (Å²) < 4.78 is 10.9. The second-order valence-electron chi connectivity index (χ2n) is 7.29. The fourth-order valence-corrected chi connectivity index (χ4v) is 4.66. The van der Waals surface area contributed by atoms with Crippen LogP contribution in [0.4, 0.5) is 0 Å². The van der Waals surface area contributed by atoms with Gasteiger partial charge in [-0.3, -0.25) is 4.90 Å². The van der Waals surface area contributed by atoms with Gasteiger partial charge in [-0.2, -0.15) is 0 Å². The van der Waals surface area contributed by atoms with Gasteiger partial charge in [-0.25, -0.2) is 0 Å². The first-order chi connectivity index (χ1) is 10.6. The van der Waals surface area contributed by atoms with E-state index in [2.05, 4.69) is 43.0 Å². The number of fused-ring (bicyclic) bond motifs is 2. The highest BCUT2D eigenvalue weighted by molar-refractivity contribution is 5.38. The zero-order valence-electron chi connectivity index (χ0n) is 14.3. The molecule has 3 rings (SSSR count). The molecular weight excluding hydrogens is 274 g/mol. The summed E-state index contributed by atoms with van der Waals surface area (Å²) in [7, 11) is 3.46. The smallest absolute Gasteiger partial charge is 0.169 e. The number of benzene rings is 1. The van der Waals surface area contributed by atoms with Crippen LogP contribution < -0.4 is 0 Å². The van der Waals surface area contributed by atoms with E-state index in [0.717, 1.165) is 19.5 Å². The van der Waals surface area contributed by atoms with E-state index in [1.165, 1.54) is 18.4 Å². The lowest BCUT2D eigenvalue weighted by atomic mass is 9.60. The fraction of sp³-hybridized carbons (Fsp3) is 0.684. The number of methoxy groups -OCH3 is 2. The average Bonchev–Trinajstić information content (AvgIpc) is 2.53. The van der Waals surface area contributed by atoms with Crippen LogP contribution in [-0.4, -0.2) is 44.5 Å². The molecule has 1 aromatic rings. The SMILES string of the molecule is COC(CN1CCC[C@@H]2[C@H]1Cc1ccccc1C2(C)C)OC. The molecule has 0 unspecified atom stereocenters. The average molecular weight is 303 g/mol. The minimum Gasteiger partial charge on any atom is -0.355 e. The van der Waals surface area contributed by atoms with Crippen molar-refractivity contribution < 1.29 is 9.47 Å². The minimum atomic E-state index is -0.126. The molecule has 0 bridgehead atoms. The van der Waals surface area contributed by atoms with Crippen LogP contribution in [0, 0.1) is 5.92 Å². The zero-order valence-corrected chi connectivity index (χ0v) is 14.3. The maximum atomic E-state index is 5.44. The van der Waals surface area contributed by atoms with Gasteiger partial charge in [-0.05, 0) is 48.3 Å². The topological polar surface area (TPSA) is 21.7 Å². The molecule has 1 aliphatic carbocycles. The molecule has 1 aliphatic heterocycles. The number of nitrogens with zero attached hydrogens (tertiary/aromatic N) is 1. The predicted octanol–water partition coefficient (Wildman–Crippen LogP) is 3.22. The summed E-state index contributed by atoms with van der Waals surface area (Å²) >= 11 is 0. The largest absolute Gasteiger partial charge is 0.355 e. The Hall–Kier alpha value is -0.900. The Bertz CT molecular complexity index is 510. The predicted molar refractivity (Wildman–Crippen MR) is 89.1 cm³/mol. The number of ether oxygens (including phenoxy) is 2. The monoisotopic (exact) mass is 303 g/mol. The highest BCUT2D eigenvalue weighted by Crippen LogP contribution is 2.46. The molecule has 3 nitrogen and oxygen atoms in total. The van der Waals surface area contributed by atoms with Crippen molar-refractivity contribution in [1.29, 1.82) is 0 Å². The van der Waals surface area contributed by atoms with E-state index in [-0.39, 0.29) is 11.7 Å². The molecule has 3 heteroatoms. The Balaban J connectivity index is 1.89. The Kier molecular flexibility index (Phi) is 4.58. The second kappa shape index (κ2) is 6.31. The van der Waals surface area contributed by atoms with Crippen LogP contribution in [0.1, 0.15) is 37.8 Å². The third kappa shape index (κ3) is 2.70. The van der Waals surface area contributed by atoms with Crippen LogP contribution in [0.15, 0.2) is 24.3 Å². The van der Waals surface area contributed by atoms with E-state index in [4.69, 9.17) is 9.47 Å². The van der Waals surface area contributed by atoms with E-state index in [9.17, 15) is 0 Å². The van der Waals surface area contributed by atoms with Crippen LogP contribution in [0.2, 0.25) is 0 Å². The van der Waals surface area contributed by atoms with E-state index in [1.807, 2.05) is 0 Å². The van der Waals surface area contributed by atoms with Gasteiger partial charge in [-0.1, -0.05) is 38.1 Å². The molecule has 1 aromatic carbocycles. The van der Waals surface area contributed by atoms with E-state index in [0.29, 0.717) is 12.0 Å². The molecule has 0 spiro atoms. The number of hydrogen-bond donors (Lipinski definition) is 0. The number of piperidine rings is 1. The van der Waals surface area contributed by atoms with Crippen molar-refractivity contribution in [3.05, 3.63) is 35.4 Å². The Labute approximate surface area is 134 Å². The highest BCUT2D eigenvalue weighted by Gasteiger charge is 2.46. The van der Waals surface area contributed by atoms with Crippen molar-refractivity contribution in [2.45, 2.75) is 50.9 Å². The Morgan fingerprint density at radius 2 is 1.95 bits per heavy atom. The fourth-order valence-electron chi connectivity index (χ4n) is 4.66. The molecule has 122 valence electrons. The standard InChI is InChI=1S/C19H29NO2/c1-19(2)15-9-6-5-8-14(15)12-17-16(19)10-7-11-20(17)13-18(21-3)22-4/h5-6,8-9,16-18H,7,10-13H2,1-4H3/t16-,17-/m1/s1. The van der Waals surface area contributed by atoms with Gasteiger partial charge in [0.25, 0.3) is 0 Å². The van der Waals surface area contributed by atoms with E-state index < -0.39 is 0 Å². The second-order valence-corrected chi connectivity index (χ2v) is 7.29. The van der Waals surface area contributed by atoms with Crippen LogP contribution >= 0.6 is 0 Å². The first kappa shape index (κ1) is 16.0. The molecule has 2 aliphatic rings. The van der Waals surface area contributed by atoms with Crippen molar-refractivity contribution in [1.82, 2.24) is 4.90 Å². The number of hydrogen-bond acceptors (Lipinski definition) is 3. The summed E-state index contributed by atoms with van der Waals surface area (Å²) in [5.41, 5.74) is 3.31. The number of likely N-dealkylation sites (tertiary alicyclic amines) is 1. The Morgan fingerprint density at radius 3 is 2.68 bits per heavy atom. The molecule has 0 N–H and O–H groups in total. The van der Waals surface area contributed by atoms with Gasteiger partial charge in [0.15, 0.2) is 6.29 Å². The molecule has 0 amide bonds. The van der Waals surface area contributed by atoms with Crippen LogP contribution in [-0.2, 0) is 21.3 Å². The van der Waals surface area contributed by atoms with Crippen LogP contribution in [0.5, 0.6) is 0 Å². The molecule has 1 fully saturated rings. The molecule has 1 heterocycles. The van der Waals surface area contributed by atoms with Crippen LogP contribution in [0.3, 0.4) is 0 Å². The third-order valence-electron chi connectivity index (χ3n) is 5.87. The first-order valence-corrected chi connectivity index (χ1v) is 8.46. The summed E-state index contributed by atoms with van der Waals surface area (Å²) in [6.07, 6.45) is 3.63. The van der Waals surface area contributed by atoms with Gasteiger partial charge in [0.2, 0.25) is 0 Å². The van der Waals surface area contributed by atoms with Crippen molar-refractivity contribution in [3.63, 3.8) is 0 Å². The molecule has 1 saturated heterocycles. The minimum absolute atomic E-state index is 0.126. The van der Waals surface area contributed by atoms with E-state index in [1.54, 1.807) is 19.8 Å². The first-order valence-electron chi connectivity index (χ1n) is 8.46. The Morgan fingerprint density at radius 1 is 1.23 bits per heavy atom. The normalized spacial score (nSPS) is 27.5. The summed E-state index contributed by atoms with van der Waals surface area (Å²) in [5, 5.41) is 0. The van der Waals surface area contributed by atoms with Gasteiger partial charge < -0.3 is 9.47 Å². The number of rotatable bonds is 4. The van der Waals surface area contributed by atoms with Gasteiger partial charge in [0, 0.05) is 26.8 Å². The summed E-state index contributed by atoms with van der Waals surface area (Å²) in [6, 6.07) is 9.61. The van der Waals surface area contributed by atoms with Crippen molar-refractivity contribution in [3.8, 4) is 0 Å². The van der Waals surface area contributed by atoms with Gasteiger partial charge in [-0.15, -0.1) is 0 Å². The molecule has 0 saturated carbocycles. The quantitative estimate of drug-likeness (QED) is 0.797. The zero-order chi connectivity index (χ0) is 15.7. The lowest BCUT2D eigenvalue weighted by Gasteiger charge is -2.52. The summed E-state index contributed by atoms with van der Waals surface area (Å²) in [5.74, 6) is 0.713. The summed E-state index contributed by atoms with van der Waals surface area (Å²) in [6.45, 7) is 6.88. The lowest BCUT2D eigenvalue weighted by molar-refractivity contribution is -0.129. The highest BCUT2D eigenvalue weighted by atomic mass is 16.7. The maximum Gasteiger partial charge on any atom is 0.169 e. The summed E-state index contributed by atoms with van der Waals surface area (Å²) in [4.78, 5) is 2.60. The van der Waals surface area contributed by atoms with Gasteiger partial charge in [0.05, 0.1) is 0 Å². The van der Waals surface area contributed by atoms with Crippen molar-refractivity contribution in [2.75, 3.05) is 27.3 Å².